The molecule has 112 valence electrons. The fourth-order valence-electron chi connectivity index (χ4n) is 1.86. The molecule has 7 nitrogen and oxygen atoms in total. The second kappa shape index (κ2) is 6.15. The van der Waals surface area contributed by atoms with Crippen LogP contribution in [0.25, 0.3) is 0 Å². The van der Waals surface area contributed by atoms with Gasteiger partial charge in [0, 0.05) is 12.1 Å². The van der Waals surface area contributed by atoms with Crippen LogP contribution in [0.2, 0.25) is 0 Å². The molecule has 1 amide bonds. The molecule has 2 aromatic rings. The Balaban J connectivity index is 0.00000161. The van der Waals surface area contributed by atoms with Crippen LogP contribution in [0.1, 0.15) is 22.3 Å². The quantitative estimate of drug-likeness (QED) is 0.837. The van der Waals surface area contributed by atoms with Crippen LogP contribution in [0, 0.1) is 0 Å². The van der Waals surface area contributed by atoms with Crippen molar-refractivity contribution in [1.82, 2.24) is 9.59 Å². The van der Waals surface area contributed by atoms with Gasteiger partial charge in [-0.2, -0.15) is 0 Å². The van der Waals surface area contributed by atoms with Crippen molar-refractivity contribution in [2.45, 2.75) is 13.3 Å². The van der Waals surface area contributed by atoms with Gasteiger partial charge in [-0.25, -0.2) is 0 Å². The number of carbonyl (C=O) groups is 1. The summed E-state index contributed by atoms with van der Waals surface area (Å²) in [5, 5.41) is 6.66. The molecule has 0 spiro atoms. The number of fused-ring (bicyclic) bond motifs is 1. The van der Waals surface area contributed by atoms with Gasteiger partial charge in [0.1, 0.15) is 4.88 Å². The van der Waals surface area contributed by atoms with E-state index in [1.807, 2.05) is 6.92 Å². The lowest BCUT2D eigenvalue weighted by Gasteiger charge is -2.08. The number of benzene rings is 1. The number of hydrogen-bond acceptors (Lipinski definition) is 7. The van der Waals surface area contributed by atoms with Crippen molar-refractivity contribution >= 4 is 41.2 Å². The van der Waals surface area contributed by atoms with Crippen molar-refractivity contribution in [2.24, 2.45) is 0 Å². The lowest BCUT2D eigenvalue weighted by Crippen LogP contribution is -2.13. The third-order valence-electron chi connectivity index (χ3n) is 2.89. The number of carbonyl (C=O) groups excluding carboxylic acids is 1. The molecule has 2 heterocycles. The summed E-state index contributed by atoms with van der Waals surface area (Å²) in [4.78, 5) is 12.7. The lowest BCUT2D eigenvalue weighted by molar-refractivity contribution is 0.102. The Kier molecular flexibility index (Phi) is 4.49. The second-order valence-electron chi connectivity index (χ2n) is 4.15. The van der Waals surface area contributed by atoms with Crippen molar-refractivity contribution in [3.8, 4) is 11.5 Å². The fourth-order valence-corrected chi connectivity index (χ4v) is 2.50. The zero-order chi connectivity index (χ0) is 14.1. The number of nitrogens with one attached hydrogen (secondary N) is 1. The summed E-state index contributed by atoms with van der Waals surface area (Å²) in [6.45, 7) is 2.08. The number of hydrogen-bond donors (Lipinski definition) is 2. The van der Waals surface area contributed by atoms with E-state index in [0.29, 0.717) is 39.9 Å². The molecule has 1 aliphatic heterocycles. The van der Waals surface area contributed by atoms with E-state index in [4.69, 9.17) is 15.2 Å². The Labute approximate surface area is 131 Å². The number of aromatic nitrogens is 2. The molecular weight excluding hydrogens is 316 g/mol. The molecule has 3 N–H and O–H groups in total. The SMILES string of the molecule is CCc1nnsc1C(=O)Nc1cc2c(cc1N)OCO2.Cl. The summed E-state index contributed by atoms with van der Waals surface area (Å²) in [5.74, 6) is 0.865. The van der Waals surface area contributed by atoms with Crippen LogP contribution in [-0.2, 0) is 6.42 Å². The van der Waals surface area contributed by atoms with Gasteiger partial charge in [0.15, 0.2) is 11.5 Å². The number of nitrogens with zero attached hydrogens (tertiary/aromatic N) is 2. The summed E-state index contributed by atoms with van der Waals surface area (Å²) in [7, 11) is 0. The largest absolute Gasteiger partial charge is 0.454 e. The summed E-state index contributed by atoms with van der Waals surface area (Å²) in [6, 6.07) is 3.28. The molecule has 3 rings (SSSR count). The van der Waals surface area contributed by atoms with E-state index in [1.165, 1.54) is 0 Å². The van der Waals surface area contributed by atoms with E-state index >= 15 is 0 Å². The highest BCUT2D eigenvalue weighted by Gasteiger charge is 2.20. The van der Waals surface area contributed by atoms with E-state index in [-0.39, 0.29) is 25.1 Å². The van der Waals surface area contributed by atoms with E-state index in [9.17, 15) is 4.79 Å². The van der Waals surface area contributed by atoms with Gasteiger partial charge in [0.2, 0.25) is 6.79 Å². The molecule has 9 heteroatoms. The molecule has 1 aromatic carbocycles. The molecule has 0 fully saturated rings. The molecule has 21 heavy (non-hydrogen) atoms. The zero-order valence-electron chi connectivity index (χ0n) is 11.1. The minimum Gasteiger partial charge on any atom is -0.454 e. The van der Waals surface area contributed by atoms with Crippen LogP contribution >= 0.6 is 23.9 Å². The van der Waals surface area contributed by atoms with Crippen LogP contribution in [0.15, 0.2) is 12.1 Å². The molecule has 0 radical (unpaired) electrons. The summed E-state index contributed by atoms with van der Waals surface area (Å²) < 4.78 is 14.3. The minimum atomic E-state index is -0.276. The van der Waals surface area contributed by atoms with Gasteiger partial charge in [-0.1, -0.05) is 11.4 Å². The highest BCUT2D eigenvalue weighted by molar-refractivity contribution is 7.08. The van der Waals surface area contributed by atoms with Gasteiger partial charge >= 0.3 is 0 Å². The molecule has 0 bridgehead atoms. The predicted octanol–water partition coefficient (Wildman–Crippen LogP) is 2.09. The first-order valence-electron chi connectivity index (χ1n) is 6.00. The molecule has 0 saturated heterocycles. The first kappa shape index (κ1) is 15.3. The summed E-state index contributed by atoms with van der Waals surface area (Å²) >= 11 is 1.06. The third kappa shape index (κ3) is 2.86. The van der Waals surface area contributed by atoms with E-state index in [1.54, 1.807) is 12.1 Å². The van der Waals surface area contributed by atoms with Crippen molar-refractivity contribution < 1.29 is 14.3 Å². The summed E-state index contributed by atoms with van der Waals surface area (Å²) in [6.07, 6.45) is 0.649. The molecule has 0 atom stereocenters. The Bertz CT molecular complexity index is 677. The zero-order valence-corrected chi connectivity index (χ0v) is 12.7. The fraction of sp³-hybridized carbons (Fsp3) is 0.250. The van der Waals surface area contributed by atoms with Crippen molar-refractivity contribution in [2.75, 3.05) is 17.8 Å². The number of amides is 1. The first-order valence-corrected chi connectivity index (χ1v) is 6.78. The first-order chi connectivity index (χ1) is 9.69. The molecule has 1 aromatic heterocycles. The maximum absolute atomic E-state index is 12.2. The lowest BCUT2D eigenvalue weighted by atomic mass is 10.2. The van der Waals surface area contributed by atoms with Crippen LogP contribution < -0.4 is 20.5 Å². The number of nitrogens with two attached hydrogens (primary N) is 1. The number of aryl methyl sites for hydroxylation is 1. The van der Waals surface area contributed by atoms with Crippen LogP contribution in [0.3, 0.4) is 0 Å². The maximum atomic E-state index is 12.2. The molecule has 1 aliphatic rings. The van der Waals surface area contributed by atoms with Gasteiger partial charge in [0.25, 0.3) is 5.91 Å². The highest BCUT2D eigenvalue weighted by Crippen LogP contribution is 2.38. The van der Waals surface area contributed by atoms with Crippen molar-refractivity contribution in [3.05, 3.63) is 22.7 Å². The molecule has 0 unspecified atom stereocenters. The Morgan fingerprint density at radius 1 is 1.43 bits per heavy atom. The Hall–Kier alpha value is -2.06. The number of ether oxygens (including phenoxy) is 2. The maximum Gasteiger partial charge on any atom is 0.269 e. The second-order valence-corrected chi connectivity index (χ2v) is 4.90. The van der Waals surface area contributed by atoms with Gasteiger partial charge in [-0.3, -0.25) is 4.79 Å². The minimum absolute atomic E-state index is 0. The molecular formula is C12H13ClN4O3S. The molecule has 0 aliphatic carbocycles. The van der Waals surface area contributed by atoms with Gasteiger partial charge in [0.05, 0.1) is 17.1 Å². The van der Waals surface area contributed by atoms with Gasteiger partial charge in [-0.15, -0.1) is 17.5 Å². The smallest absolute Gasteiger partial charge is 0.269 e. The van der Waals surface area contributed by atoms with Gasteiger partial charge in [-0.05, 0) is 18.0 Å². The van der Waals surface area contributed by atoms with E-state index in [2.05, 4.69) is 14.9 Å². The average Bonchev–Trinajstić information content (AvgIpc) is 3.06. The Morgan fingerprint density at radius 3 is 2.86 bits per heavy atom. The Morgan fingerprint density at radius 2 is 2.14 bits per heavy atom. The normalized spacial score (nSPS) is 11.9. The third-order valence-corrected chi connectivity index (χ3v) is 3.66. The van der Waals surface area contributed by atoms with Gasteiger partial charge < -0.3 is 20.5 Å². The van der Waals surface area contributed by atoms with E-state index < -0.39 is 0 Å². The number of rotatable bonds is 3. The number of nitrogen functional groups attached to an aromatic ring is 1. The average molecular weight is 329 g/mol. The van der Waals surface area contributed by atoms with Crippen molar-refractivity contribution in [3.63, 3.8) is 0 Å². The van der Waals surface area contributed by atoms with Crippen LogP contribution in [0.5, 0.6) is 11.5 Å². The predicted molar refractivity (Wildman–Crippen MR) is 81.5 cm³/mol. The van der Waals surface area contributed by atoms with Crippen molar-refractivity contribution in [1.29, 1.82) is 0 Å². The summed E-state index contributed by atoms with van der Waals surface area (Å²) in [5.41, 5.74) is 7.46. The van der Waals surface area contributed by atoms with Crippen LogP contribution in [-0.4, -0.2) is 22.3 Å². The van der Waals surface area contributed by atoms with E-state index in [0.717, 1.165) is 11.5 Å². The standard InChI is InChI=1S/C12H12N4O3S.ClH/c1-2-7-11(20-16-15-7)12(17)14-8-4-10-9(3-6(8)13)18-5-19-10;/h3-4H,2,5,13H2,1H3,(H,14,17);1H. The van der Waals surface area contributed by atoms with Crippen LogP contribution in [0.4, 0.5) is 11.4 Å². The topological polar surface area (TPSA) is 99.4 Å². The highest BCUT2D eigenvalue weighted by atomic mass is 35.5. The monoisotopic (exact) mass is 328 g/mol. The molecule has 0 saturated carbocycles. The number of anilines is 2. The number of halogens is 1.